The van der Waals surface area contributed by atoms with Crippen molar-refractivity contribution in [1.82, 2.24) is 29.9 Å². The van der Waals surface area contributed by atoms with Gasteiger partial charge in [-0.25, -0.2) is 4.68 Å². The lowest BCUT2D eigenvalue weighted by atomic mass is 10.2. The van der Waals surface area contributed by atoms with E-state index in [1.54, 1.807) is 10.8 Å². The molecule has 3 rings (SSSR count). The largest absolute Gasteiger partial charge is 0.345 e. The van der Waals surface area contributed by atoms with E-state index in [0.29, 0.717) is 22.3 Å². The van der Waals surface area contributed by atoms with Crippen LogP contribution in [0.3, 0.4) is 0 Å². The molecule has 1 amide bonds. The van der Waals surface area contributed by atoms with Gasteiger partial charge >= 0.3 is 0 Å². The van der Waals surface area contributed by atoms with Crippen LogP contribution in [0.25, 0.3) is 6.08 Å². The van der Waals surface area contributed by atoms with Crippen molar-refractivity contribution in [3.8, 4) is 0 Å². The third-order valence-corrected chi connectivity index (χ3v) is 5.09. The summed E-state index contributed by atoms with van der Waals surface area (Å²) in [6.07, 6.45) is 3.13. The van der Waals surface area contributed by atoms with Gasteiger partial charge in [0.25, 0.3) is 0 Å². The van der Waals surface area contributed by atoms with Crippen molar-refractivity contribution in [3.05, 3.63) is 69.0 Å². The molecule has 0 bridgehead atoms. The van der Waals surface area contributed by atoms with Gasteiger partial charge in [-0.3, -0.25) is 9.89 Å². The van der Waals surface area contributed by atoms with Crippen LogP contribution in [-0.4, -0.2) is 30.5 Å². The number of benzene rings is 1. The fraction of sp³-hybridized carbons (Fsp3) is 0.300. The minimum Gasteiger partial charge on any atom is -0.345 e. The molecule has 2 heterocycles. The number of aromatic amines is 1. The molecule has 1 aromatic carbocycles. The third-order valence-electron chi connectivity index (χ3n) is 4.40. The van der Waals surface area contributed by atoms with Crippen molar-refractivity contribution in [3.63, 3.8) is 0 Å². The number of aryl methyl sites for hydroxylation is 1. The van der Waals surface area contributed by atoms with Crippen LogP contribution in [0.15, 0.2) is 36.4 Å². The number of amides is 1. The maximum Gasteiger partial charge on any atom is 0.244 e. The average Bonchev–Trinajstić information content (AvgIpc) is 3.19. The van der Waals surface area contributed by atoms with E-state index in [2.05, 4.69) is 20.6 Å². The summed E-state index contributed by atoms with van der Waals surface area (Å²) in [6, 6.07) is 10.1. The van der Waals surface area contributed by atoms with Crippen molar-refractivity contribution < 1.29 is 4.79 Å². The fourth-order valence-corrected chi connectivity index (χ4v) is 3.66. The van der Waals surface area contributed by atoms with Crippen LogP contribution in [0.2, 0.25) is 5.15 Å². The van der Waals surface area contributed by atoms with Gasteiger partial charge in [-0.2, -0.15) is 10.2 Å². The summed E-state index contributed by atoms with van der Waals surface area (Å²) >= 11 is 11.7. The third kappa shape index (κ3) is 5.02. The number of halogens is 1. The van der Waals surface area contributed by atoms with Crippen LogP contribution in [0.5, 0.6) is 0 Å². The van der Waals surface area contributed by atoms with E-state index in [9.17, 15) is 4.79 Å². The number of nitrogens with zero attached hydrogens (tertiary/aromatic N) is 4. The lowest BCUT2D eigenvalue weighted by Gasteiger charge is -2.10. The summed E-state index contributed by atoms with van der Waals surface area (Å²) in [5.74, 6) is 0.428. The van der Waals surface area contributed by atoms with Gasteiger partial charge < -0.3 is 9.88 Å². The highest BCUT2D eigenvalue weighted by molar-refractivity contribution is 7.71. The zero-order valence-corrected chi connectivity index (χ0v) is 18.1. The van der Waals surface area contributed by atoms with Gasteiger partial charge in [-0.1, -0.05) is 41.9 Å². The number of hydrogen-bond acceptors (Lipinski definition) is 4. The Kier molecular flexibility index (Phi) is 6.66. The molecule has 0 atom stereocenters. The Hall–Kier alpha value is -2.71. The number of H-pyrrole nitrogens is 1. The van der Waals surface area contributed by atoms with Crippen LogP contribution in [0.4, 0.5) is 0 Å². The first-order valence-corrected chi connectivity index (χ1v) is 10.0. The normalized spacial score (nSPS) is 11.5. The molecule has 0 aliphatic rings. The Morgan fingerprint density at radius 1 is 1.34 bits per heavy atom. The number of hydrogen-bond donors (Lipinski definition) is 2. The first-order valence-electron chi connectivity index (χ1n) is 9.25. The Morgan fingerprint density at radius 3 is 2.76 bits per heavy atom. The molecule has 2 N–H and O–H groups in total. The summed E-state index contributed by atoms with van der Waals surface area (Å²) in [7, 11) is 0. The molecule has 0 unspecified atom stereocenters. The van der Waals surface area contributed by atoms with Gasteiger partial charge in [0.2, 0.25) is 5.91 Å². The number of nitrogens with one attached hydrogen (secondary N) is 2. The van der Waals surface area contributed by atoms with E-state index in [1.165, 1.54) is 6.08 Å². The standard InChI is InChI=1S/C20H23ClN6OS/c1-13(2)27-17(23-24-20(27)29)11-22-18(28)10-9-16-14(3)25-26(19(16)21)12-15-7-5-4-6-8-15/h4-10,13H,11-12H2,1-3H3,(H,22,28)(H,24,29). The lowest BCUT2D eigenvalue weighted by molar-refractivity contribution is -0.116. The first kappa shape index (κ1) is 21.0. The van der Waals surface area contributed by atoms with E-state index in [4.69, 9.17) is 23.8 Å². The van der Waals surface area contributed by atoms with Crippen LogP contribution >= 0.6 is 23.8 Å². The van der Waals surface area contributed by atoms with Crippen LogP contribution < -0.4 is 5.32 Å². The summed E-state index contributed by atoms with van der Waals surface area (Å²) in [6.45, 7) is 6.72. The predicted molar refractivity (Wildman–Crippen MR) is 116 cm³/mol. The molecule has 0 aliphatic carbocycles. The molecule has 0 radical (unpaired) electrons. The zero-order valence-electron chi connectivity index (χ0n) is 16.5. The van der Waals surface area contributed by atoms with Crippen molar-refractivity contribution in [2.24, 2.45) is 0 Å². The number of carbonyl (C=O) groups is 1. The van der Waals surface area contributed by atoms with Gasteiger partial charge in [0.05, 0.1) is 18.8 Å². The molecule has 0 fully saturated rings. The molecule has 29 heavy (non-hydrogen) atoms. The van der Waals surface area contributed by atoms with E-state index >= 15 is 0 Å². The molecular weight excluding hydrogens is 408 g/mol. The monoisotopic (exact) mass is 430 g/mol. The SMILES string of the molecule is Cc1nn(Cc2ccccc2)c(Cl)c1C=CC(=O)NCc1n[nH]c(=S)n1C(C)C. The molecule has 0 aliphatic heterocycles. The Morgan fingerprint density at radius 2 is 2.07 bits per heavy atom. The van der Waals surface area contributed by atoms with Crippen molar-refractivity contribution in [2.45, 2.75) is 39.9 Å². The minimum atomic E-state index is -0.250. The van der Waals surface area contributed by atoms with Gasteiger partial charge in [-0.05, 0) is 44.6 Å². The number of rotatable bonds is 7. The second-order valence-electron chi connectivity index (χ2n) is 6.89. The highest BCUT2D eigenvalue weighted by atomic mass is 35.5. The topological polar surface area (TPSA) is 80.5 Å². The quantitative estimate of drug-likeness (QED) is 0.437. The van der Waals surface area contributed by atoms with Crippen molar-refractivity contribution in [1.29, 1.82) is 0 Å². The Balaban J connectivity index is 1.67. The van der Waals surface area contributed by atoms with Gasteiger partial charge in [0, 0.05) is 17.7 Å². The molecule has 3 aromatic rings. The number of aromatic nitrogens is 5. The van der Waals surface area contributed by atoms with Crippen LogP contribution in [0, 0.1) is 11.7 Å². The van der Waals surface area contributed by atoms with Crippen molar-refractivity contribution >= 4 is 35.8 Å². The summed E-state index contributed by atoms with van der Waals surface area (Å²) in [4.78, 5) is 12.3. The fourth-order valence-electron chi connectivity index (χ4n) is 3.00. The number of carbonyl (C=O) groups excluding carboxylic acids is 1. The highest BCUT2D eigenvalue weighted by Gasteiger charge is 2.13. The van der Waals surface area contributed by atoms with E-state index < -0.39 is 0 Å². The minimum absolute atomic E-state index is 0.153. The summed E-state index contributed by atoms with van der Waals surface area (Å²) < 4.78 is 4.13. The molecule has 9 heteroatoms. The Labute approximate surface area is 179 Å². The van der Waals surface area contributed by atoms with Gasteiger partial charge in [0.1, 0.15) is 5.15 Å². The second kappa shape index (κ2) is 9.19. The zero-order chi connectivity index (χ0) is 21.0. The molecule has 0 saturated heterocycles. The lowest BCUT2D eigenvalue weighted by Crippen LogP contribution is -2.23. The van der Waals surface area contributed by atoms with Crippen molar-refractivity contribution in [2.75, 3.05) is 0 Å². The molecule has 2 aromatic heterocycles. The Bertz CT molecular complexity index is 1080. The van der Waals surface area contributed by atoms with Gasteiger partial charge in [-0.15, -0.1) is 0 Å². The maximum atomic E-state index is 12.3. The maximum absolute atomic E-state index is 12.3. The van der Waals surface area contributed by atoms with Gasteiger partial charge in [0.15, 0.2) is 10.6 Å². The second-order valence-corrected chi connectivity index (χ2v) is 7.64. The molecule has 152 valence electrons. The predicted octanol–water partition coefficient (Wildman–Crippen LogP) is 4.06. The highest BCUT2D eigenvalue weighted by Crippen LogP contribution is 2.22. The van der Waals surface area contributed by atoms with E-state index in [1.807, 2.05) is 55.7 Å². The molecule has 7 nitrogen and oxygen atoms in total. The summed E-state index contributed by atoms with van der Waals surface area (Å²) in [5.41, 5.74) is 2.59. The first-order chi connectivity index (χ1) is 13.9. The molecule has 0 spiro atoms. The molecular formula is C20H23ClN6OS. The van der Waals surface area contributed by atoms with E-state index in [0.717, 1.165) is 16.8 Å². The van der Waals surface area contributed by atoms with Crippen LogP contribution in [0.1, 0.15) is 42.5 Å². The van der Waals surface area contributed by atoms with E-state index in [-0.39, 0.29) is 18.5 Å². The molecule has 0 saturated carbocycles. The average molecular weight is 431 g/mol. The van der Waals surface area contributed by atoms with Crippen LogP contribution in [-0.2, 0) is 17.9 Å². The smallest absolute Gasteiger partial charge is 0.244 e. The summed E-state index contributed by atoms with van der Waals surface area (Å²) in [5, 5.41) is 14.7.